The zero-order chi connectivity index (χ0) is 17.0. The van der Waals surface area contributed by atoms with Gasteiger partial charge in [-0.3, -0.25) is 9.59 Å². The van der Waals surface area contributed by atoms with Gasteiger partial charge in [-0.25, -0.2) is 0 Å². The highest BCUT2D eigenvalue weighted by Crippen LogP contribution is 2.31. The fraction of sp³-hybridized carbons (Fsp3) is 0.600. The van der Waals surface area contributed by atoms with Crippen LogP contribution >= 0.6 is 0 Å². The highest BCUT2D eigenvalue weighted by atomic mass is 16.2. The van der Waals surface area contributed by atoms with Gasteiger partial charge in [0.25, 0.3) is 0 Å². The summed E-state index contributed by atoms with van der Waals surface area (Å²) in [6, 6.07) is 10.1. The number of hydrogen-bond donors (Lipinski definition) is 0. The first-order chi connectivity index (χ1) is 10.8. The third-order valence-electron chi connectivity index (χ3n) is 4.48. The van der Waals surface area contributed by atoms with Crippen LogP contribution in [0.15, 0.2) is 30.3 Å². The molecule has 0 aliphatic heterocycles. The summed E-state index contributed by atoms with van der Waals surface area (Å²) >= 11 is 0. The van der Waals surface area contributed by atoms with E-state index < -0.39 is 0 Å². The predicted octanol–water partition coefficient (Wildman–Crippen LogP) is 4.07. The van der Waals surface area contributed by atoms with Crippen molar-refractivity contribution in [3.63, 3.8) is 0 Å². The minimum atomic E-state index is -0.0150. The van der Waals surface area contributed by atoms with E-state index in [1.54, 1.807) is 0 Å². The van der Waals surface area contributed by atoms with E-state index in [1.165, 1.54) is 0 Å². The number of rotatable bonds is 4. The molecule has 1 fully saturated rings. The molecule has 0 saturated heterocycles. The van der Waals surface area contributed by atoms with Crippen LogP contribution in [0.4, 0.5) is 0 Å². The van der Waals surface area contributed by atoms with Crippen molar-refractivity contribution in [1.29, 1.82) is 0 Å². The molecule has 0 radical (unpaired) electrons. The molecule has 1 aromatic carbocycles. The molecule has 0 aromatic heterocycles. The second-order valence-corrected chi connectivity index (χ2v) is 8.11. The van der Waals surface area contributed by atoms with E-state index in [4.69, 9.17) is 0 Å². The van der Waals surface area contributed by atoms with Gasteiger partial charge in [-0.1, -0.05) is 58.0 Å². The number of ketones is 1. The van der Waals surface area contributed by atoms with Crippen molar-refractivity contribution < 1.29 is 9.59 Å². The molecule has 1 aromatic rings. The van der Waals surface area contributed by atoms with Gasteiger partial charge in [0.05, 0.1) is 0 Å². The second kappa shape index (κ2) is 7.29. The van der Waals surface area contributed by atoms with E-state index in [0.29, 0.717) is 31.6 Å². The third kappa shape index (κ3) is 5.19. The molecule has 1 amide bonds. The molecule has 0 unspecified atom stereocenters. The van der Waals surface area contributed by atoms with Crippen LogP contribution in [0.2, 0.25) is 0 Å². The minimum absolute atomic E-state index is 0.0150. The van der Waals surface area contributed by atoms with Crippen LogP contribution in [-0.4, -0.2) is 23.1 Å². The number of amides is 1. The van der Waals surface area contributed by atoms with Crippen LogP contribution in [-0.2, 0) is 16.1 Å². The van der Waals surface area contributed by atoms with Crippen LogP contribution in [0.3, 0.4) is 0 Å². The largest absolute Gasteiger partial charge is 0.338 e. The molecule has 0 spiro atoms. The van der Waals surface area contributed by atoms with Gasteiger partial charge in [-0.15, -0.1) is 0 Å². The van der Waals surface area contributed by atoms with Gasteiger partial charge in [-0.2, -0.15) is 0 Å². The Bertz CT molecular complexity index is 545. The lowest BCUT2D eigenvalue weighted by atomic mass is 9.78. The Morgan fingerprint density at radius 2 is 1.87 bits per heavy atom. The summed E-state index contributed by atoms with van der Waals surface area (Å²) in [5, 5.41) is 0. The fourth-order valence-electron chi connectivity index (χ4n) is 3.39. The Morgan fingerprint density at radius 1 is 1.22 bits per heavy atom. The van der Waals surface area contributed by atoms with Crippen molar-refractivity contribution in [2.45, 2.75) is 53.5 Å². The van der Waals surface area contributed by atoms with Crippen molar-refractivity contribution in [3.05, 3.63) is 35.9 Å². The van der Waals surface area contributed by atoms with Gasteiger partial charge in [0, 0.05) is 31.8 Å². The molecule has 1 saturated carbocycles. The van der Waals surface area contributed by atoms with Crippen LogP contribution in [0, 0.1) is 17.3 Å². The lowest BCUT2D eigenvalue weighted by molar-refractivity contribution is -0.141. The SMILES string of the molecule is C[C@H]1CC(=O)CC[C@H]1C(=O)N(Cc1ccccc1)CC(C)(C)C. The molecule has 0 N–H and O–H groups in total. The molecule has 0 heterocycles. The van der Waals surface area contributed by atoms with E-state index in [1.807, 2.05) is 30.0 Å². The maximum atomic E-state index is 13.1. The highest BCUT2D eigenvalue weighted by Gasteiger charge is 2.35. The summed E-state index contributed by atoms with van der Waals surface area (Å²) in [5.41, 5.74) is 1.21. The molecule has 2 atom stereocenters. The molecule has 3 nitrogen and oxygen atoms in total. The van der Waals surface area contributed by atoms with E-state index in [0.717, 1.165) is 12.1 Å². The lowest BCUT2D eigenvalue weighted by Gasteiger charge is -2.36. The van der Waals surface area contributed by atoms with Crippen LogP contribution < -0.4 is 0 Å². The Balaban J connectivity index is 2.15. The zero-order valence-corrected chi connectivity index (χ0v) is 14.8. The first kappa shape index (κ1) is 17.7. The molecule has 3 heteroatoms. The highest BCUT2D eigenvalue weighted by molar-refractivity contribution is 5.85. The molecule has 2 rings (SSSR count). The van der Waals surface area contributed by atoms with Gasteiger partial charge in [0.15, 0.2) is 0 Å². The normalized spacial score (nSPS) is 22.0. The number of carbonyl (C=O) groups excluding carboxylic acids is 2. The molecule has 1 aliphatic carbocycles. The summed E-state index contributed by atoms with van der Waals surface area (Å²) in [4.78, 5) is 26.7. The average molecular weight is 315 g/mol. The number of carbonyl (C=O) groups is 2. The van der Waals surface area contributed by atoms with Gasteiger partial charge < -0.3 is 4.90 Å². The molecular weight excluding hydrogens is 286 g/mol. The van der Waals surface area contributed by atoms with E-state index >= 15 is 0 Å². The average Bonchev–Trinajstić information content (AvgIpc) is 2.45. The number of benzene rings is 1. The van der Waals surface area contributed by atoms with E-state index in [2.05, 4.69) is 32.9 Å². The van der Waals surface area contributed by atoms with Crippen LogP contribution in [0.25, 0.3) is 0 Å². The zero-order valence-electron chi connectivity index (χ0n) is 14.8. The minimum Gasteiger partial charge on any atom is -0.338 e. The van der Waals surface area contributed by atoms with Crippen LogP contribution in [0.5, 0.6) is 0 Å². The standard InChI is InChI=1S/C20H29NO2/c1-15-12-17(22)10-11-18(15)19(23)21(14-20(2,3)4)13-16-8-6-5-7-9-16/h5-9,15,18H,10-14H2,1-4H3/t15-,18+/m0/s1. The lowest BCUT2D eigenvalue weighted by Crippen LogP contribution is -2.44. The quantitative estimate of drug-likeness (QED) is 0.840. The first-order valence-electron chi connectivity index (χ1n) is 8.61. The van der Waals surface area contributed by atoms with Gasteiger partial charge in [0.2, 0.25) is 5.91 Å². The van der Waals surface area contributed by atoms with Crippen molar-refractivity contribution >= 4 is 11.7 Å². The topological polar surface area (TPSA) is 37.4 Å². The maximum absolute atomic E-state index is 13.1. The summed E-state index contributed by atoms with van der Waals surface area (Å²) in [6.07, 6.45) is 1.80. The number of nitrogens with zero attached hydrogens (tertiary/aromatic N) is 1. The first-order valence-corrected chi connectivity index (χ1v) is 8.61. The summed E-state index contributed by atoms with van der Waals surface area (Å²) in [6.45, 7) is 9.90. The molecule has 23 heavy (non-hydrogen) atoms. The molecular formula is C20H29NO2. The summed E-state index contributed by atoms with van der Waals surface area (Å²) < 4.78 is 0. The summed E-state index contributed by atoms with van der Waals surface area (Å²) in [7, 11) is 0. The third-order valence-corrected chi connectivity index (χ3v) is 4.48. The predicted molar refractivity (Wildman–Crippen MR) is 92.8 cm³/mol. The monoisotopic (exact) mass is 315 g/mol. The van der Waals surface area contributed by atoms with E-state index in [9.17, 15) is 9.59 Å². The summed E-state index contributed by atoms with van der Waals surface area (Å²) in [5.74, 6) is 0.650. The van der Waals surface area contributed by atoms with E-state index in [-0.39, 0.29) is 23.2 Å². The number of Topliss-reactive ketones (excluding diaryl/α,β-unsaturated/α-hetero) is 1. The molecule has 126 valence electrons. The Hall–Kier alpha value is -1.64. The fourth-order valence-corrected chi connectivity index (χ4v) is 3.39. The van der Waals surface area contributed by atoms with Crippen LogP contribution in [0.1, 0.15) is 52.5 Å². The number of hydrogen-bond acceptors (Lipinski definition) is 2. The Morgan fingerprint density at radius 3 is 2.43 bits per heavy atom. The molecule has 1 aliphatic rings. The maximum Gasteiger partial charge on any atom is 0.226 e. The van der Waals surface area contributed by atoms with Crippen molar-refractivity contribution in [1.82, 2.24) is 4.90 Å². The Labute approximate surface area is 140 Å². The van der Waals surface area contributed by atoms with Crippen molar-refractivity contribution in [2.75, 3.05) is 6.54 Å². The Kier molecular flexibility index (Phi) is 5.61. The second-order valence-electron chi connectivity index (χ2n) is 8.11. The smallest absolute Gasteiger partial charge is 0.226 e. The van der Waals surface area contributed by atoms with Gasteiger partial charge >= 0.3 is 0 Å². The van der Waals surface area contributed by atoms with Gasteiger partial charge in [0.1, 0.15) is 5.78 Å². The molecule has 0 bridgehead atoms. The van der Waals surface area contributed by atoms with Gasteiger partial charge in [-0.05, 0) is 23.3 Å². The van der Waals surface area contributed by atoms with Crippen molar-refractivity contribution in [3.8, 4) is 0 Å². The van der Waals surface area contributed by atoms with Crippen molar-refractivity contribution in [2.24, 2.45) is 17.3 Å².